The fourth-order valence-corrected chi connectivity index (χ4v) is 3.99. The Morgan fingerprint density at radius 2 is 2.09 bits per heavy atom. The number of amides is 1. The van der Waals surface area contributed by atoms with Crippen LogP contribution in [0.15, 0.2) is 29.2 Å². The normalized spacial score (nSPS) is 11.4. The van der Waals surface area contributed by atoms with E-state index in [1.807, 2.05) is 12.3 Å². The van der Waals surface area contributed by atoms with Gasteiger partial charge in [0.05, 0.1) is 29.4 Å². The van der Waals surface area contributed by atoms with E-state index in [9.17, 15) is 14.0 Å². The molecule has 3 N–H and O–H groups in total. The van der Waals surface area contributed by atoms with Crippen molar-refractivity contribution in [3.63, 3.8) is 0 Å². The second kappa shape index (κ2) is 9.96. The average molecular weight is 461 g/mol. The van der Waals surface area contributed by atoms with Crippen LogP contribution in [0.5, 0.6) is 0 Å². The van der Waals surface area contributed by atoms with Crippen LogP contribution in [0.3, 0.4) is 0 Å². The summed E-state index contributed by atoms with van der Waals surface area (Å²) in [5.74, 6) is -1.62. The first-order chi connectivity index (χ1) is 15.4. The fourth-order valence-electron chi connectivity index (χ4n) is 3.34. The molecule has 0 aliphatic carbocycles. The van der Waals surface area contributed by atoms with Crippen LogP contribution < -0.4 is 11.1 Å². The van der Waals surface area contributed by atoms with Crippen molar-refractivity contribution in [2.45, 2.75) is 31.8 Å². The summed E-state index contributed by atoms with van der Waals surface area (Å²) < 4.78 is 22.5. The molecule has 3 rings (SSSR count). The second-order valence-corrected chi connectivity index (χ2v) is 7.66. The first-order valence-corrected chi connectivity index (χ1v) is 11.1. The number of fused-ring (bicyclic) bond motifs is 1. The lowest BCUT2D eigenvalue weighted by Gasteiger charge is -2.11. The molecule has 32 heavy (non-hydrogen) atoms. The van der Waals surface area contributed by atoms with Gasteiger partial charge in [0.25, 0.3) is 5.91 Å². The Hall–Kier alpha value is -3.18. The number of imidazole rings is 1. The van der Waals surface area contributed by atoms with Crippen LogP contribution in [-0.4, -0.2) is 51.1 Å². The Labute approximate surface area is 188 Å². The number of hydrogen-bond donors (Lipinski definition) is 2. The Kier molecular flexibility index (Phi) is 7.31. The number of benzene rings is 1. The lowest BCUT2D eigenvalue weighted by atomic mass is 10.2. The third-order valence-electron chi connectivity index (χ3n) is 4.83. The maximum Gasteiger partial charge on any atom is 0.337 e. The number of methoxy groups -OCH3 is 1. The lowest BCUT2D eigenvalue weighted by molar-refractivity contribution is 0.0600. The number of esters is 1. The van der Waals surface area contributed by atoms with Crippen molar-refractivity contribution in [2.24, 2.45) is 5.73 Å². The molecule has 0 fully saturated rings. The molecule has 0 atom stereocenters. The second-order valence-electron chi connectivity index (χ2n) is 6.81. The molecule has 0 unspecified atom stereocenters. The summed E-state index contributed by atoms with van der Waals surface area (Å²) in [6.45, 7) is 4.33. The summed E-state index contributed by atoms with van der Waals surface area (Å²) in [5, 5.41) is 6.77. The fraction of sp³-hybridized carbons (Fsp3) is 0.333. The molecule has 1 aromatic carbocycles. The van der Waals surface area contributed by atoms with Crippen molar-refractivity contribution >= 4 is 40.6 Å². The van der Waals surface area contributed by atoms with E-state index in [-0.39, 0.29) is 17.3 Å². The molecule has 0 aliphatic heterocycles. The van der Waals surface area contributed by atoms with Crippen LogP contribution >= 0.6 is 11.8 Å². The van der Waals surface area contributed by atoms with E-state index in [1.54, 1.807) is 29.7 Å². The van der Waals surface area contributed by atoms with Crippen LogP contribution in [0.25, 0.3) is 11.0 Å². The van der Waals surface area contributed by atoms with Gasteiger partial charge in [-0.25, -0.2) is 14.2 Å². The van der Waals surface area contributed by atoms with E-state index < -0.39 is 17.7 Å². The Balaban J connectivity index is 2.14. The van der Waals surface area contributed by atoms with E-state index in [4.69, 9.17) is 10.5 Å². The van der Waals surface area contributed by atoms with Crippen molar-refractivity contribution in [1.82, 2.24) is 19.3 Å². The lowest BCUT2D eigenvalue weighted by Crippen LogP contribution is -2.21. The highest BCUT2D eigenvalue weighted by molar-refractivity contribution is 7.98. The number of carbonyl (C=O) groups is 2. The number of halogens is 1. The van der Waals surface area contributed by atoms with Crippen molar-refractivity contribution in [1.29, 1.82) is 0 Å². The first-order valence-electron chi connectivity index (χ1n) is 9.92. The number of aromatic nitrogens is 4. The Morgan fingerprint density at radius 1 is 1.34 bits per heavy atom. The minimum absolute atomic E-state index is 0.142. The van der Waals surface area contributed by atoms with Gasteiger partial charge in [-0.05, 0) is 32.2 Å². The number of hydrogen-bond acceptors (Lipinski definition) is 7. The Bertz CT molecular complexity index is 1200. The molecule has 9 nitrogen and oxygen atoms in total. The zero-order valence-corrected chi connectivity index (χ0v) is 19.1. The van der Waals surface area contributed by atoms with Crippen LogP contribution in [0.1, 0.15) is 33.5 Å². The number of allylic oxidation sites excluding steroid dienone is 1. The summed E-state index contributed by atoms with van der Waals surface area (Å²) in [7, 11) is 1.31. The average Bonchev–Trinajstić information content (AvgIpc) is 3.28. The predicted octanol–water partition coefficient (Wildman–Crippen LogP) is 2.98. The molecule has 170 valence electrons. The number of carbonyl (C=O) groups excluding carboxylic acids is 2. The van der Waals surface area contributed by atoms with E-state index in [2.05, 4.69) is 15.4 Å². The molecule has 0 spiro atoms. The van der Waals surface area contributed by atoms with Gasteiger partial charge in [-0.15, -0.1) is 11.8 Å². The maximum atomic E-state index is 14.6. The summed E-state index contributed by atoms with van der Waals surface area (Å²) in [5.41, 5.74) is 7.10. The topological polar surface area (TPSA) is 117 Å². The van der Waals surface area contributed by atoms with Crippen molar-refractivity contribution < 1.29 is 18.7 Å². The first kappa shape index (κ1) is 23.5. The summed E-state index contributed by atoms with van der Waals surface area (Å²) in [6, 6.07) is 3.31. The molecule has 0 saturated heterocycles. The maximum absolute atomic E-state index is 14.6. The molecule has 0 radical (unpaired) electrons. The highest BCUT2D eigenvalue weighted by Gasteiger charge is 2.24. The largest absolute Gasteiger partial charge is 0.465 e. The number of thioether (sulfide) groups is 1. The standard InChI is InChI=1S/C21H25FN6O3S/c1-5-28-18(16(22)12(2)26-28)19(29)25-21-24-14-10-13(20(30)31-3)11-15(32-4)17(14)27(21)9-7-6-8-23/h6-7,10-11H,5,8-9,23H2,1-4H3,(H,24,25,29)/b7-6+. The van der Waals surface area contributed by atoms with Gasteiger partial charge >= 0.3 is 5.97 Å². The number of nitrogens with one attached hydrogen (secondary N) is 1. The van der Waals surface area contributed by atoms with Crippen LogP contribution in [0, 0.1) is 12.7 Å². The van der Waals surface area contributed by atoms with Gasteiger partial charge in [0, 0.05) is 24.5 Å². The van der Waals surface area contributed by atoms with E-state index in [0.29, 0.717) is 30.7 Å². The van der Waals surface area contributed by atoms with Crippen LogP contribution in [-0.2, 0) is 17.8 Å². The minimum atomic E-state index is -0.673. The monoisotopic (exact) mass is 460 g/mol. The molecular formula is C21H25FN6O3S. The van der Waals surface area contributed by atoms with E-state index in [1.165, 1.54) is 30.5 Å². The third kappa shape index (κ3) is 4.39. The van der Waals surface area contributed by atoms with Gasteiger partial charge in [-0.2, -0.15) is 5.10 Å². The van der Waals surface area contributed by atoms with Crippen molar-refractivity contribution in [3.05, 3.63) is 47.1 Å². The third-order valence-corrected chi connectivity index (χ3v) is 5.58. The van der Waals surface area contributed by atoms with Crippen molar-refractivity contribution in [2.75, 3.05) is 25.2 Å². The minimum Gasteiger partial charge on any atom is -0.465 e. The molecule has 2 aromatic heterocycles. The SMILES string of the molecule is CCn1nc(C)c(F)c1C(=O)Nc1nc2cc(C(=O)OC)cc(SC)c2n1C/C=C/CN. The molecule has 1 amide bonds. The number of ether oxygens (including phenoxy) is 1. The van der Waals surface area contributed by atoms with E-state index >= 15 is 0 Å². The number of nitrogens with zero attached hydrogens (tertiary/aromatic N) is 4. The number of aryl methyl sites for hydroxylation is 2. The highest BCUT2D eigenvalue weighted by Crippen LogP contribution is 2.31. The summed E-state index contributed by atoms with van der Waals surface area (Å²) in [6.07, 6.45) is 5.50. The zero-order valence-electron chi connectivity index (χ0n) is 18.3. The quantitative estimate of drug-likeness (QED) is 0.301. The molecule has 0 saturated carbocycles. The molecule has 0 bridgehead atoms. The molecule has 2 heterocycles. The summed E-state index contributed by atoms with van der Waals surface area (Å²) >= 11 is 1.43. The number of nitrogens with two attached hydrogens (primary N) is 1. The zero-order chi connectivity index (χ0) is 23.4. The molecular weight excluding hydrogens is 435 g/mol. The van der Waals surface area contributed by atoms with Crippen LogP contribution in [0.4, 0.5) is 10.3 Å². The Morgan fingerprint density at radius 3 is 2.72 bits per heavy atom. The van der Waals surface area contributed by atoms with Gasteiger partial charge in [0.1, 0.15) is 0 Å². The number of rotatable bonds is 8. The molecule has 3 aromatic rings. The van der Waals surface area contributed by atoms with Crippen LogP contribution in [0.2, 0.25) is 0 Å². The summed E-state index contributed by atoms with van der Waals surface area (Å²) in [4.78, 5) is 30.4. The van der Waals surface area contributed by atoms with Gasteiger partial charge < -0.3 is 15.0 Å². The van der Waals surface area contributed by atoms with Gasteiger partial charge in [0.15, 0.2) is 11.5 Å². The molecule has 11 heteroatoms. The molecule has 0 aliphatic rings. The van der Waals surface area contributed by atoms with Crippen molar-refractivity contribution in [3.8, 4) is 0 Å². The van der Waals surface area contributed by atoms with Gasteiger partial charge in [-0.1, -0.05) is 12.2 Å². The van der Waals surface area contributed by atoms with Gasteiger partial charge in [0.2, 0.25) is 5.95 Å². The van der Waals surface area contributed by atoms with E-state index in [0.717, 1.165) is 10.4 Å². The van der Waals surface area contributed by atoms with Gasteiger partial charge in [-0.3, -0.25) is 14.8 Å². The predicted molar refractivity (Wildman–Crippen MR) is 122 cm³/mol. The smallest absolute Gasteiger partial charge is 0.337 e. The highest BCUT2D eigenvalue weighted by atomic mass is 32.2. The number of anilines is 1.